The van der Waals surface area contributed by atoms with E-state index in [0.717, 1.165) is 49.0 Å². The Morgan fingerprint density at radius 3 is 2.96 bits per heavy atom. The van der Waals surface area contributed by atoms with Crippen molar-refractivity contribution in [1.29, 1.82) is 0 Å². The number of ketones is 1. The Hall–Kier alpha value is -0.890. The van der Waals surface area contributed by atoms with Crippen molar-refractivity contribution in [3.05, 3.63) is 23.8 Å². The van der Waals surface area contributed by atoms with Crippen molar-refractivity contribution in [1.82, 2.24) is 0 Å². The summed E-state index contributed by atoms with van der Waals surface area (Å²) in [7, 11) is 0. The van der Waals surface area contributed by atoms with Gasteiger partial charge in [-0.3, -0.25) is 4.79 Å². The van der Waals surface area contributed by atoms with Gasteiger partial charge < -0.3 is 4.74 Å². The first-order chi connectivity index (χ1) is 12.2. The van der Waals surface area contributed by atoms with Crippen LogP contribution in [0.25, 0.3) is 0 Å². The Balaban J connectivity index is 1.43. The van der Waals surface area contributed by atoms with Crippen LogP contribution in [0.1, 0.15) is 58.3 Å². The molecule has 3 saturated carbocycles. The predicted octanol–water partition coefficient (Wildman–Crippen LogP) is 4.70. The van der Waals surface area contributed by atoms with Gasteiger partial charge in [-0.1, -0.05) is 19.1 Å². The molecule has 0 aromatic heterocycles. The zero-order chi connectivity index (χ0) is 16.8. The maximum Gasteiger partial charge on any atom is 0.155 e. The quantitative estimate of drug-likeness (QED) is 0.693. The number of carbonyl (C=O) groups excluding carboxylic acids is 1. The Labute approximate surface area is 151 Å². The molecule has 134 valence electrons. The highest BCUT2D eigenvalue weighted by atomic mass is 16.5. The SMILES string of the molecule is CC[C@]12CCC3C(C=CC4=CC(=O)CC[C@@H]43)C1[C@@H]1C[C@@H]1[C@@]21CCCO1. The zero-order valence-electron chi connectivity index (χ0n) is 15.4. The van der Waals surface area contributed by atoms with Crippen LogP contribution in [0.15, 0.2) is 23.8 Å². The first kappa shape index (κ1) is 15.2. The summed E-state index contributed by atoms with van der Waals surface area (Å²) in [5.74, 6) is 5.14. The van der Waals surface area contributed by atoms with E-state index in [1.807, 2.05) is 6.08 Å². The summed E-state index contributed by atoms with van der Waals surface area (Å²) in [5.41, 5.74) is 2.02. The summed E-state index contributed by atoms with van der Waals surface area (Å²) in [6, 6.07) is 0. The number of allylic oxidation sites excluding steroid dienone is 4. The van der Waals surface area contributed by atoms with Gasteiger partial charge in [0.05, 0.1) is 5.60 Å². The molecular weight excluding hydrogens is 308 g/mol. The number of carbonyl (C=O) groups is 1. The van der Waals surface area contributed by atoms with Gasteiger partial charge in [0.25, 0.3) is 0 Å². The second-order valence-electron chi connectivity index (χ2n) is 9.78. The van der Waals surface area contributed by atoms with Gasteiger partial charge in [-0.2, -0.15) is 0 Å². The van der Waals surface area contributed by atoms with E-state index in [1.54, 1.807) is 0 Å². The Morgan fingerprint density at radius 2 is 2.16 bits per heavy atom. The van der Waals surface area contributed by atoms with Crippen LogP contribution in [0.2, 0.25) is 0 Å². The minimum absolute atomic E-state index is 0.231. The van der Waals surface area contributed by atoms with E-state index in [9.17, 15) is 4.79 Å². The molecular formula is C23H30O2. The van der Waals surface area contributed by atoms with Crippen LogP contribution in [0.4, 0.5) is 0 Å². The van der Waals surface area contributed by atoms with Crippen LogP contribution in [-0.4, -0.2) is 18.0 Å². The van der Waals surface area contributed by atoms with E-state index in [0.29, 0.717) is 17.1 Å². The van der Waals surface area contributed by atoms with E-state index in [2.05, 4.69) is 19.1 Å². The standard InChI is InChI=1S/C23H30O2/c1-2-22-10-8-17-16-7-5-15(24)12-14(16)4-6-18(17)21(22)19-13-20(19)23(22)9-3-11-25-23/h4,6,12,16-21H,2-3,5,7-11,13H2,1H3/t16-,17?,18?,19+,20-,21?,22-,23-/m0/s1. The van der Waals surface area contributed by atoms with Crippen LogP contribution in [0, 0.1) is 40.9 Å². The molecule has 0 amide bonds. The molecule has 0 aromatic carbocycles. The molecule has 25 heavy (non-hydrogen) atoms. The van der Waals surface area contributed by atoms with Crippen LogP contribution < -0.4 is 0 Å². The highest BCUT2D eigenvalue weighted by molar-refractivity contribution is 5.91. The Bertz CT molecular complexity index is 682. The first-order valence-corrected chi connectivity index (χ1v) is 10.8. The summed E-state index contributed by atoms with van der Waals surface area (Å²) in [6.07, 6.45) is 16.7. The third kappa shape index (κ3) is 1.69. The van der Waals surface area contributed by atoms with E-state index in [-0.39, 0.29) is 5.60 Å². The predicted molar refractivity (Wildman–Crippen MR) is 96.9 cm³/mol. The highest BCUT2D eigenvalue weighted by Gasteiger charge is 2.77. The van der Waals surface area contributed by atoms with Crippen molar-refractivity contribution < 1.29 is 9.53 Å². The molecule has 1 saturated heterocycles. The van der Waals surface area contributed by atoms with Crippen molar-refractivity contribution in [3.63, 3.8) is 0 Å². The van der Waals surface area contributed by atoms with E-state index >= 15 is 0 Å². The minimum atomic E-state index is 0.231. The Kier molecular flexibility index (Phi) is 2.97. The monoisotopic (exact) mass is 338 g/mol. The van der Waals surface area contributed by atoms with Gasteiger partial charge in [0.2, 0.25) is 0 Å². The minimum Gasteiger partial charge on any atom is -0.374 e. The summed E-state index contributed by atoms with van der Waals surface area (Å²) >= 11 is 0. The lowest BCUT2D eigenvalue weighted by Gasteiger charge is -2.57. The maximum atomic E-state index is 11.9. The lowest BCUT2D eigenvalue weighted by Crippen LogP contribution is -2.55. The fourth-order valence-corrected chi connectivity index (χ4v) is 8.60. The summed E-state index contributed by atoms with van der Waals surface area (Å²) in [5, 5.41) is 0. The maximum absolute atomic E-state index is 11.9. The second kappa shape index (κ2) is 4.88. The van der Waals surface area contributed by atoms with E-state index in [1.165, 1.54) is 44.1 Å². The third-order valence-electron chi connectivity index (χ3n) is 9.38. The lowest BCUT2D eigenvalue weighted by atomic mass is 9.49. The van der Waals surface area contributed by atoms with Gasteiger partial charge in [-0.25, -0.2) is 0 Å². The molecule has 1 heterocycles. The lowest BCUT2D eigenvalue weighted by molar-refractivity contribution is -0.150. The molecule has 4 fully saturated rings. The topological polar surface area (TPSA) is 26.3 Å². The van der Waals surface area contributed by atoms with Gasteiger partial charge in [0.15, 0.2) is 5.78 Å². The first-order valence-electron chi connectivity index (χ1n) is 10.8. The molecule has 0 N–H and O–H groups in total. The van der Waals surface area contributed by atoms with Crippen LogP contribution >= 0.6 is 0 Å². The molecule has 6 aliphatic rings. The largest absolute Gasteiger partial charge is 0.374 e. The summed E-state index contributed by atoms with van der Waals surface area (Å²) < 4.78 is 6.64. The normalized spacial score (nSPS) is 55.4. The van der Waals surface area contributed by atoms with Crippen LogP contribution in [-0.2, 0) is 9.53 Å². The highest BCUT2D eigenvalue weighted by Crippen LogP contribution is 2.78. The number of rotatable bonds is 1. The molecule has 2 heteroatoms. The average molecular weight is 338 g/mol. The molecule has 3 unspecified atom stereocenters. The fourth-order valence-electron chi connectivity index (χ4n) is 8.60. The number of hydrogen-bond donors (Lipinski definition) is 0. The van der Waals surface area contributed by atoms with E-state index in [4.69, 9.17) is 4.74 Å². The van der Waals surface area contributed by atoms with Crippen LogP contribution in [0.3, 0.4) is 0 Å². The van der Waals surface area contributed by atoms with Gasteiger partial charge in [-0.05, 0) is 92.1 Å². The number of ether oxygens (including phenoxy) is 1. The number of hydrogen-bond acceptors (Lipinski definition) is 2. The number of fused-ring (bicyclic) bond motifs is 9. The summed E-state index contributed by atoms with van der Waals surface area (Å²) in [4.78, 5) is 11.9. The van der Waals surface area contributed by atoms with Crippen molar-refractivity contribution in [2.45, 2.75) is 63.9 Å². The van der Waals surface area contributed by atoms with E-state index < -0.39 is 0 Å². The van der Waals surface area contributed by atoms with Gasteiger partial charge in [0, 0.05) is 18.4 Å². The zero-order valence-corrected chi connectivity index (χ0v) is 15.4. The van der Waals surface area contributed by atoms with Crippen molar-refractivity contribution in [3.8, 4) is 0 Å². The molecule has 2 nitrogen and oxygen atoms in total. The molecule has 0 radical (unpaired) electrons. The molecule has 8 atom stereocenters. The molecule has 0 aromatic rings. The van der Waals surface area contributed by atoms with Crippen LogP contribution in [0.5, 0.6) is 0 Å². The van der Waals surface area contributed by atoms with Gasteiger partial charge >= 0.3 is 0 Å². The molecule has 1 aliphatic heterocycles. The second-order valence-corrected chi connectivity index (χ2v) is 9.78. The smallest absolute Gasteiger partial charge is 0.155 e. The van der Waals surface area contributed by atoms with Crippen molar-refractivity contribution in [2.75, 3.05) is 6.61 Å². The third-order valence-corrected chi connectivity index (χ3v) is 9.38. The van der Waals surface area contributed by atoms with Crippen molar-refractivity contribution in [2.24, 2.45) is 40.9 Å². The molecule has 6 rings (SSSR count). The molecule has 0 bridgehead atoms. The van der Waals surface area contributed by atoms with Gasteiger partial charge in [-0.15, -0.1) is 0 Å². The average Bonchev–Trinajstić information content (AvgIpc) is 3.20. The van der Waals surface area contributed by atoms with Crippen molar-refractivity contribution >= 4 is 5.78 Å². The summed E-state index contributed by atoms with van der Waals surface area (Å²) in [6.45, 7) is 3.44. The van der Waals surface area contributed by atoms with Gasteiger partial charge in [0.1, 0.15) is 0 Å². The molecule has 1 spiro atoms. The fraction of sp³-hybridized carbons (Fsp3) is 0.783. The molecule has 5 aliphatic carbocycles. The Morgan fingerprint density at radius 1 is 1.24 bits per heavy atom.